The van der Waals surface area contributed by atoms with Gasteiger partial charge in [-0.05, 0) is 56.4 Å². The number of aryl methyl sites for hydroxylation is 3. The van der Waals surface area contributed by atoms with Gasteiger partial charge in [-0.3, -0.25) is 4.79 Å². The number of ether oxygens (including phenoxy) is 1. The van der Waals surface area contributed by atoms with Gasteiger partial charge in [0.1, 0.15) is 19.5 Å². The highest BCUT2D eigenvalue weighted by Crippen LogP contribution is 2.44. The van der Waals surface area contributed by atoms with Crippen molar-refractivity contribution in [2.24, 2.45) is 17.0 Å². The van der Waals surface area contributed by atoms with Crippen LogP contribution in [0.25, 0.3) is 5.57 Å². The van der Waals surface area contributed by atoms with E-state index in [1.165, 1.54) is 5.56 Å². The highest BCUT2D eigenvalue weighted by Gasteiger charge is 2.42. The predicted octanol–water partition coefficient (Wildman–Crippen LogP) is 5.79. The van der Waals surface area contributed by atoms with Gasteiger partial charge in [0.2, 0.25) is 0 Å². The summed E-state index contributed by atoms with van der Waals surface area (Å²) in [6, 6.07) is 14.3. The maximum absolute atomic E-state index is 13.5. The first-order valence-electron chi connectivity index (χ1n) is 10.4. The zero-order valence-electron chi connectivity index (χ0n) is 18.8. The zero-order valence-corrected chi connectivity index (χ0v) is 18.8. The molecule has 2 atom stereocenters. The van der Waals surface area contributed by atoms with Crippen LogP contribution in [-0.4, -0.2) is 18.6 Å². The molecule has 0 aliphatic heterocycles. The molecule has 4 heteroatoms. The van der Waals surface area contributed by atoms with Gasteiger partial charge in [-0.15, -0.1) is 0 Å². The molecule has 2 aromatic rings. The largest absolute Gasteiger partial charge is 0.492 e. The first-order chi connectivity index (χ1) is 14.3. The SMILES string of the molecule is CO/N=C(\C)CC1C(OCc2ccccc2)=C(c2c(C)cc(C)cc2C)C(=O)C1C. The monoisotopic (exact) mass is 405 g/mol. The van der Waals surface area contributed by atoms with Crippen LogP contribution in [0.4, 0.5) is 0 Å². The highest BCUT2D eigenvalue weighted by atomic mass is 16.6. The molecule has 0 fully saturated rings. The predicted molar refractivity (Wildman–Crippen MR) is 121 cm³/mol. The van der Waals surface area contributed by atoms with E-state index in [1.54, 1.807) is 7.11 Å². The number of carbonyl (C=O) groups is 1. The molecule has 4 nitrogen and oxygen atoms in total. The van der Waals surface area contributed by atoms with Crippen molar-refractivity contribution in [3.8, 4) is 0 Å². The molecule has 0 spiro atoms. The first-order valence-corrected chi connectivity index (χ1v) is 10.4. The quantitative estimate of drug-likeness (QED) is 0.433. The van der Waals surface area contributed by atoms with E-state index in [2.05, 4.69) is 38.1 Å². The molecule has 0 heterocycles. The fourth-order valence-electron chi connectivity index (χ4n) is 4.46. The second kappa shape index (κ2) is 9.29. The Morgan fingerprint density at radius 2 is 1.70 bits per heavy atom. The van der Waals surface area contributed by atoms with E-state index in [-0.39, 0.29) is 17.6 Å². The Labute approximate surface area is 179 Å². The normalized spacial score (nSPS) is 19.4. The van der Waals surface area contributed by atoms with E-state index >= 15 is 0 Å². The Bertz CT molecular complexity index is 966. The molecular weight excluding hydrogens is 374 g/mol. The maximum Gasteiger partial charge on any atom is 0.170 e. The summed E-state index contributed by atoms with van der Waals surface area (Å²) in [4.78, 5) is 18.4. The number of allylic oxidation sites excluding steroid dienone is 2. The van der Waals surface area contributed by atoms with E-state index < -0.39 is 0 Å². The smallest absolute Gasteiger partial charge is 0.170 e. The topological polar surface area (TPSA) is 47.9 Å². The van der Waals surface area contributed by atoms with Crippen LogP contribution in [0, 0.1) is 32.6 Å². The molecule has 1 aliphatic carbocycles. The summed E-state index contributed by atoms with van der Waals surface area (Å²) in [5, 5.41) is 4.07. The average Bonchev–Trinajstić information content (AvgIpc) is 2.91. The minimum Gasteiger partial charge on any atom is -0.492 e. The average molecular weight is 406 g/mol. The highest BCUT2D eigenvalue weighted by molar-refractivity contribution is 6.25. The number of oxime groups is 1. The Kier molecular flexibility index (Phi) is 6.76. The first kappa shape index (κ1) is 21.8. The van der Waals surface area contributed by atoms with Gasteiger partial charge in [0.25, 0.3) is 0 Å². The van der Waals surface area contributed by atoms with Gasteiger partial charge in [0.05, 0.1) is 11.3 Å². The third kappa shape index (κ3) is 4.48. The lowest BCUT2D eigenvalue weighted by atomic mass is 9.90. The number of Topliss-reactive ketones (excluding diaryl/α,β-unsaturated/α-hetero) is 1. The molecule has 2 unspecified atom stereocenters. The minimum atomic E-state index is -0.173. The van der Waals surface area contributed by atoms with Crippen molar-refractivity contribution in [2.75, 3.05) is 7.11 Å². The molecular formula is C26H31NO3. The Morgan fingerprint density at radius 1 is 1.07 bits per heavy atom. The summed E-state index contributed by atoms with van der Waals surface area (Å²) in [5.41, 5.74) is 7.06. The summed E-state index contributed by atoms with van der Waals surface area (Å²) in [5.74, 6) is 0.684. The second-order valence-electron chi connectivity index (χ2n) is 8.26. The number of ketones is 1. The molecule has 3 rings (SSSR count). The van der Waals surface area contributed by atoms with E-state index in [1.807, 2.05) is 44.2 Å². The lowest BCUT2D eigenvalue weighted by Gasteiger charge is -2.20. The fraction of sp³-hybridized carbons (Fsp3) is 0.385. The molecule has 30 heavy (non-hydrogen) atoms. The van der Waals surface area contributed by atoms with E-state index in [0.717, 1.165) is 39.3 Å². The second-order valence-corrected chi connectivity index (χ2v) is 8.26. The molecule has 0 radical (unpaired) electrons. The number of rotatable bonds is 7. The van der Waals surface area contributed by atoms with Crippen molar-refractivity contribution in [3.63, 3.8) is 0 Å². The fourth-order valence-corrected chi connectivity index (χ4v) is 4.46. The summed E-state index contributed by atoms with van der Waals surface area (Å²) >= 11 is 0. The van der Waals surface area contributed by atoms with Crippen LogP contribution in [-0.2, 0) is 21.0 Å². The summed E-state index contributed by atoms with van der Waals surface area (Å²) in [6.45, 7) is 10.6. The van der Waals surface area contributed by atoms with E-state index in [9.17, 15) is 4.79 Å². The Morgan fingerprint density at radius 3 is 2.30 bits per heavy atom. The van der Waals surface area contributed by atoms with Crippen molar-refractivity contribution >= 4 is 17.1 Å². The van der Waals surface area contributed by atoms with Crippen molar-refractivity contribution in [3.05, 3.63) is 76.0 Å². The number of nitrogens with zero attached hydrogens (tertiary/aromatic N) is 1. The van der Waals surface area contributed by atoms with Gasteiger partial charge in [-0.1, -0.05) is 60.1 Å². The summed E-state index contributed by atoms with van der Waals surface area (Å²) in [7, 11) is 1.54. The number of hydrogen-bond donors (Lipinski definition) is 0. The van der Waals surface area contributed by atoms with Gasteiger partial charge >= 0.3 is 0 Å². The van der Waals surface area contributed by atoms with Gasteiger partial charge < -0.3 is 9.57 Å². The minimum absolute atomic E-state index is 0.0600. The lowest BCUT2D eigenvalue weighted by Crippen LogP contribution is -2.18. The molecule has 0 saturated heterocycles. The third-order valence-corrected chi connectivity index (χ3v) is 5.77. The molecule has 0 aromatic heterocycles. The van der Waals surface area contributed by atoms with Crippen LogP contribution in [0.3, 0.4) is 0 Å². The number of carbonyl (C=O) groups excluding carboxylic acids is 1. The number of benzene rings is 2. The molecule has 0 amide bonds. The van der Waals surface area contributed by atoms with Crippen LogP contribution in [0.15, 0.2) is 53.4 Å². The van der Waals surface area contributed by atoms with Crippen LogP contribution < -0.4 is 0 Å². The van der Waals surface area contributed by atoms with E-state index in [0.29, 0.717) is 13.0 Å². The third-order valence-electron chi connectivity index (χ3n) is 5.77. The molecule has 2 aromatic carbocycles. The van der Waals surface area contributed by atoms with Crippen LogP contribution in [0.5, 0.6) is 0 Å². The van der Waals surface area contributed by atoms with Crippen molar-refractivity contribution < 1.29 is 14.4 Å². The lowest BCUT2D eigenvalue weighted by molar-refractivity contribution is -0.117. The number of hydrogen-bond acceptors (Lipinski definition) is 4. The van der Waals surface area contributed by atoms with Gasteiger partial charge in [0.15, 0.2) is 5.78 Å². The Balaban J connectivity index is 2.10. The summed E-state index contributed by atoms with van der Waals surface area (Å²) in [6.07, 6.45) is 0.623. The van der Waals surface area contributed by atoms with Crippen molar-refractivity contribution in [1.29, 1.82) is 0 Å². The molecule has 0 bridgehead atoms. The molecule has 1 aliphatic rings. The van der Waals surface area contributed by atoms with Crippen molar-refractivity contribution in [2.45, 2.75) is 47.6 Å². The van der Waals surface area contributed by atoms with Crippen LogP contribution in [0.1, 0.15) is 48.1 Å². The standard InChI is InChI=1S/C26H31NO3/c1-16-12-17(2)23(18(3)13-16)24-25(28)20(5)22(14-19(4)27-29-6)26(24)30-15-21-10-8-7-9-11-21/h7-13,20,22H,14-15H2,1-6H3/b27-19+. The Hall–Kier alpha value is -2.88. The van der Waals surface area contributed by atoms with Crippen LogP contribution >= 0.6 is 0 Å². The van der Waals surface area contributed by atoms with Gasteiger partial charge in [-0.25, -0.2) is 0 Å². The molecule has 0 N–H and O–H groups in total. The van der Waals surface area contributed by atoms with Crippen molar-refractivity contribution in [1.82, 2.24) is 0 Å². The molecule has 0 saturated carbocycles. The zero-order chi connectivity index (χ0) is 21.8. The molecule has 158 valence electrons. The van der Waals surface area contributed by atoms with E-state index in [4.69, 9.17) is 9.57 Å². The van der Waals surface area contributed by atoms with Gasteiger partial charge in [-0.2, -0.15) is 0 Å². The maximum atomic E-state index is 13.5. The van der Waals surface area contributed by atoms with Crippen LogP contribution in [0.2, 0.25) is 0 Å². The van der Waals surface area contributed by atoms with Gasteiger partial charge in [0, 0.05) is 11.8 Å². The summed E-state index contributed by atoms with van der Waals surface area (Å²) < 4.78 is 6.39.